The van der Waals surface area contributed by atoms with E-state index in [-0.39, 0.29) is 116 Å². The van der Waals surface area contributed by atoms with Crippen LogP contribution in [0.1, 0.15) is 49.7 Å². The molecule has 133 heavy (non-hydrogen) atoms. The molecule has 0 spiro atoms. The SMILES string of the molecule is CN(CCC1C=CC(O)=C(O)C1)CCN(C)CCC1C=CC(O)=C(O)C1.CN(CCN(C)CCn1cccc(O)c1=O)CCn1cccc(O)c1=O.CN(CCOc1ccn(C)c(=O)c1O)CCOc1ccn(C)c(=O)c1O.CN(CCc1ccn(C)c(=O)c1O)CCN(C)CCc1ccn(C)c(=O)c1O.COCC(CCn1cccc(O)c1=O)(CCn1cccc(O)c1=O)COC. The summed E-state index contributed by atoms with van der Waals surface area (Å²) in [5.41, 5.74) is -2.58. The topological polar surface area (TPSA) is 478 Å². The molecule has 2 unspecified atom stereocenters. The van der Waals surface area contributed by atoms with Crippen LogP contribution in [0.5, 0.6) is 57.5 Å². The van der Waals surface area contributed by atoms with Gasteiger partial charge >= 0.3 is 0 Å². The molecule has 10 rings (SSSR count). The Bertz CT molecular complexity index is 5310. The normalized spacial score (nSPS) is 13.7. The van der Waals surface area contributed by atoms with Crippen LogP contribution in [0, 0.1) is 17.3 Å². The van der Waals surface area contributed by atoms with E-state index in [1.54, 1.807) is 128 Å². The summed E-state index contributed by atoms with van der Waals surface area (Å²) in [6, 6.07) is 18.6. The molecule has 0 fully saturated rings. The molecule has 0 aliphatic heterocycles. The number of nitrogens with zero attached hydrogens (tertiary/aromatic N) is 15. The van der Waals surface area contributed by atoms with Gasteiger partial charge in [-0.1, -0.05) is 12.2 Å². The van der Waals surface area contributed by atoms with E-state index < -0.39 is 39.2 Å². The number of hydrogen-bond acceptors (Lipinski definition) is 31. The number of aryl methyl sites for hydroxylation is 6. The second-order valence-electron chi connectivity index (χ2n) is 33.7. The van der Waals surface area contributed by atoms with Gasteiger partial charge in [0.2, 0.25) is 11.5 Å². The number of aromatic hydroxyl groups is 8. The van der Waals surface area contributed by atoms with Crippen molar-refractivity contribution in [2.24, 2.45) is 45.4 Å². The van der Waals surface area contributed by atoms with E-state index >= 15 is 0 Å². The largest absolute Gasteiger partial charge is 0.508 e. The number of hydrogen-bond donors (Lipinski definition) is 12. The third-order valence-corrected chi connectivity index (χ3v) is 23.1. The van der Waals surface area contributed by atoms with Crippen LogP contribution in [0.2, 0.25) is 0 Å². The number of aromatic nitrogens is 8. The maximum absolute atomic E-state index is 12.0. The molecule has 8 aromatic rings. The maximum Gasteiger partial charge on any atom is 0.296 e. The zero-order valence-electron chi connectivity index (χ0n) is 78.7. The Hall–Kier alpha value is -12.6. The summed E-state index contributed by atoms with van der Waals surface area (Å²) in [6.45, 7) is 14.0. The van der Waals surface area contributed by atoms with Crippen molar-refractivity contribution < 1.29 is 80.2 Å². The predicted octanol–water partition coefficient (Wildman–Crippen LogP) is 4.63. The van der Waals surface area contributed by atoms with E-state index in [1.165, 1.54) is 85.3 Å². The number of methoxy groups -OCH3 is 2. The highest BCUT2D eigenvalue weighted by atomic mass is 16.5. The molecule has 732 valence electrons. The summed E-state index contributed by atoms with van der Waals surface area (Å²) in [4.78, 5) is 109. The predicted molar refractivity (Wildman–Crippen MR) is 507 cm³/mol. The van der Waals surface area contributed by atoms with Gasteiger partial charge in [-0.3, -0.25) is 43.3 Å². The Labute approximate surface area is 773 Å². The molecule has 8 aromatic heterocycles. The smallest absolute Gasteiger partial charge is 0.296 e. The first-order valence-electron chi connectivity index (χ1n) is 43.8. The molecule has 0 bridgehead atoms. The molecule has 2 atom stereocenters. The number of allylic oxidation sites excluding steroid dienone is 6. The number of pyridine rings is 8. The minimum Gasteiger partial charge on any atom is -0.508 e. The van der Waals surface area contributed by atoms with Gasteiger partial charge in [-0.25, -0.2) is 0 Å². The molecule has 8 heterocycles. The van der Waals surface area contributed by atoms with Gasteiger partial charge in [0.25, 0.3) is 44.5 Å². The van der Waals surface area contributed by atoms with Crippen LogP contribution in [-0.4, -0.2) is 314 Å². The molecule has 0 amide bonds. The van der Waals surface area contributed by atoms with E-state index in [0.717, 1.165) is 78.3 Å². The van der Waals surface area contributed by atoms with Crippen molar-refractivity contribution in [1.82, 2.24) is 70.8 Å². The first kappa shape index (κ1) is 109. The Kier molecular flexibility index (Phi) is 45.2. The van der Waals surface area contributed by atoms with Crippen molar-refractivity contribution in [2.75, 3.05) is 182 Å². The van der Waals surface area contributed by atoms with Crippen LogP contribution in [-0.2, 0) is 76.7 Å². The molecular weight excluding hydrogens is 1720 g/mol. The van der Waals surface area contributed by atoms with Crippen LogP contribution in [0.3, 0.4) is 0 Å². The number of aliphatic hydroxyl groups is 4. The van der Waals surface area contributed by atoms with Gasteiger partial charge in [0.15, 0.2) is 57.5 Å². The van der Waals surface area contributed by atoms with Gasteiger partial charge in [-0.05, 0) is 186 Å². The van der Waals surface area contributed by atoms with Crippen molar-refractivity contribution in [3.63, 3.8) is 0 Å². The van der Waals surface area contributed by atoms with Gasteiger partial charge < -0.3 is 146 Å². The van der Waals surface area contributed by atoms with Crippen LogP contribution in [0.4, 0.5) is 0 Å². The van der Waals surface area contributed by atoms with Crippen molar-refractivity contribution >= 4 is 0 Å². The number of ether oxygens (including phenoxy) is 4. The lowest BCUT2D eigenvalue weighted by molar-refractivity contribution is -0.00688. The number of aliphatic hydroxyl groups excluding tert-OH is 4. The highest BCUT2D eigenvalue weighted by Crippen LogP contribution is 2.31. The number of likely N-dealkylation sites (N-methyl/N-ethyl adjacent to an activating group) is 7. The summed E-state index contributed by atoms with van der Waals surface area (Å²) >= 11 is 0. The van der Waals surface area contributed by atoms with E-state index in [2.05, 4.69) is 43.5 Å². The summed E-state index contributed by atoms with van der Waals surface area (Å²) in [6.07, 6.45) is 25.3. The van der Waals surface area contributed by atoms with Crippen LogP contribution in [0.15, 0.2) is 208 Å². The zero-order chi connectivity index (χ0) is 98.2. The first-order valence-corrected chi connectivity index (χ1v) is 43.8. The van der Waals surface area contributed by atoms with Gasteiger partial charge in [-0.2, -0.15) is 0 Å². The summed E-state index contributed by atoms with van der Waals surface area (Å²) in [5.74, 6) is -1.26. The van der Waals surface area contributed by atoms with Gasteiger partial charge in [0.05, 0.1) is 13.2 Å². The molecule has 0 aromatic carbocycles. The Morgan fingerprint density at radius 3 is 0.917 bits per heavy atom. The monoisotopic (exact) mass is 1860 g/mol. The lowest BCUT2D eigenvalue weighted by Gasteiger charge is -2.33. The van der Waals surface area contributed by atoms with Gasteiger partial charge in [0.1, 0.15) is 24.7 Å². The lowest BCUT2D eigenvalue weighted by atomic mass is 9.82. The molecule has 39 nitrogen and oxygen atoms in total. The quantitative estimate of drug-likeness (QED) is 0.0247. The summed E-state index contributed by atoms with van der Waals surface area (Å²) in [7, 11) is 23.5. The van der Waals surface area contributed by atoms with Crippen molar-refractivity contribution in [3.05, 3.63) is 264 Å². The molecule has 0 radical (unpaired) electrons. The van der Waals surface area contributed by atoms with Crippen LogP contribution < -0.4 is 53.9 Å². The maximum atomic E-state index is 12.0. The molecule has 0 saturated heterocycles. The second kappa shape index (κ2) is 55.0. The molecule has 39 heteroatoms. The Morgan fingerprint density at radius 2 is 0.609 bits per heavy atom. The number of rotatable bonds is 45. The van der Waals surface area contributed by atoms with Crippen molar-refractivity contribution in [2.45, 2.75) is 77.5 Å². The van der Waals surface area contributed by atoms with E-state index in [1.807, 2.05) is 52.3 Å². The minimum atomic E-state index is -0.516. The van der Waals surface area contributed by atoms with E-state index in [0.29, 0.717) is 115 Å². The first-order chi connectivity index (χ1) is 63.2. The fourth-order valence-electron chi connectivity index (χ4n) is 14.0. The van der Waals surface area contributed by atoms with E-state index in [4.69, 9.17) is 18.9 Å². The molecule has 12 N–H and O–H groups in total. The van der Waals surface area contributed by atoms with Gasteiger partial charge in [-0.15, -0.1) is 0 Å². The summed E-state index contributed by atoms with van der Waals surface area (Å²) < 4.78 is 32.7. The lowest BCUT2D eigenvalue weighted by Crippen LogP contribution is -2.36. The fraction of sp³-hybridized carbons (Fsp3) is 0.489. The van der Waals surface area contributed by atoms with E-state index in [9.17, 15) is 99.6 Å². The average Bonchev–Trinajstić information content (AvgIpc) is 0.475. The third kappa shape index (κ3) is 35.8. The van der Waals surface area contributed by atoms with Crippen molar-refractivity contribution in [1.29, 1.82) is 0 Å². The van der Waals surface area contributed by atoms with Gasteiger partial charge in [0, 0.05) is 238 Å². The molecule has 0 saturated carbocycles. The second-order valence-corrected chi connectivity index (χ2v) is 33.7. The molecular formula is C94H137N15O24. The Morgan fingerprint density at radius 1 is 0.331 bits per heavy atom. The zero-order valence-corrected chi connectivity index (χ0v) is 78.7. The third-order valence-electron chi connectivity index (χ3n) is 23.1. The highest BCUT2D eigenvalue weighted by Gasteiger charge is 2.31. The average molecular weight is 1860 g/mol. The fourth-order valence-corrected chi connectivity index (χ4v) is 14.0. The molecule has 2 aliphatic carbocycles. The standard InChI is InChI=1S/C20H30N4O4.C20H32N2O4.C19H26N2O6.C18H26N4O4.C17H23N3O6/c1-21(9-5-15-7-11-23(3)19(27)17(15)25)13-14-22(2)10-6-16-8-12-24(4)20(28)18(16)26;1-21(9-7-15-3-5-17(23)19(25)13-15)11-12-22(2)10-8-16-4-6-18(24)20(26)14-16;1-26-13-19(14-27-2,7-11-20-9-3-5-15(22)17(20)24)8-12-21-10-4-6-16(23)18(21)25;1-19(11-13-21-7-3-5-15(23)17(21)25)9-10-20(2)12-14-22-8-4-6-16(24)18(22)26;1-18(8-10-25-12-4-6-19(2)16(23)14(12)21)9-11-26-13-5-7-20(3)17(24)15(13)22/h7-8,11-12,25-26H,5-6,9-10,13-14H2,1-4H3;3-6,15-16,23-26H,7-14H2,1-2H3;3-6,9-10,22-23H,7-8,11-14H2,1-2H3;3-8,23-24H,9-14H2,1-2H3;4-7,21-22H,8-11H2,1-3H3. The van der Waals surface area contributed by atoms with Crippen LogP contribution in [0.25, 0.3) is 0 Å². The highest BCUT2D eigenvalue weighted by molar-refractivity contribution is 5.37. The minimum absolute atomic E-state index is 0.0111. The van der Waals surface area contributed by atoms with Crippen molar-refractivity contribution in [3.8, 4) is 57.5 Å². The molecule has 2 aliphatic rings. The Balaban J connectivity index is 0.000000256. The van der Waals surface area contributed by atoms with Crippen LogP contribution >= 0.6 is 0 Å². The summed E-state index contributed by atoms with van der Waals surface area (Å²) in [5, 5.41) is 115.